The Hall–Kier alpha value is -1.14. The Morgan fingerprint density at radius 1 is 1.28 bits per heavy atom. The number of ether oxygens (including phenoxy) is 1. The second-order valence-electron chi connectivity index (χ2n) is 9.48. The summed E-state index contributed by atoms with van der Waals surface area (Å²) in [5, 5.41) is 8.98. The summed E-state index contributed by atoms with van der Waals surface area (Å²) in [6.07, 6.45) is 7.86. The van der Waals surface area contributed by atoms with Crippen molar-refractivity contribution in [1.82, 2.24) is 0 Å². The Bertz CT molecular complexity index is 817. The first-order valence-corrected chi connectivity index (χ1v) is 12.1. The van der Waals surface area contributed by atoms with E-state index in [1.54, 1.807) is 0 Å². The molecule has 0 aromatic heterocycles. The van der Waals surface area contributed by atoms with E-state index < -0.39 is 33.8 Å². The largest absolute Gasteiger partial charge is 0.491 e. The minimum atomic E-state index is -1.75. The van der Waals surface area contributed by atoms with E-state index in [1.807, 2.05) is 0 Å². The fourth-order valence-electron chi connectivity index (χ4n) is 5.80. The lowest BCUT2D eigenvalue weighted by Crippen LogP contribution is -2.32. The highest BCUT2D eigenvalue weighted by Crippen LogP contribution is 2.50. The lowest BCUT2D eigenvalue weighted by molar-refractivity contribution is -0.141. The van der Waals surface area contributed by atoms with Crippen LogP contribution in [0.2, 0.25) is 5.02 Å². The smallest absolute Gasteiger partial charge is 0.307 e. The van der Waals surface area contributed by atoms with E-state index in [0.29, 0.717) is 25.9 Å². The van der Waals surface area contributed by atoms with Gasteiger partial charge in [0.15, 0.2) is 0 Å². The number of rotatable bonds is 6. The average molecular weight is 443 g/mol. The zero-order valence-corrected chi connectivity index (χ0v) is 18.2. The van der Waals surface area contributed by atoms with Crippen LogP contribution in [0.25, 0.3) is 0 Å². The van der Waals surface area contributed by atoms with E-state index in [-0.39, 0.29) is 21.1 Å². The second-order valence-corrected chi connectivity index (χ2v) is 11.5. The maximum atomic E-state index is 14.8. The summed E-state index contributed by atoms with van der Waals surface area (Å²) in [7, 11) is -1.75. The van der Waals surface area contributed by atoms with Gasteiger partial charge in [-0.05, 0) is 50.0 Å². The van der Waals surface area contributed by atoms with Gasteiger partial charge in [0.25, 0.3) is 0 Å². The maximum absolute atomic E-state index is 14.8. The molecular formula is C22H28ClFO4S. The summed E-state index contributed by atoms with van der Waals surface area (Å²) in [6.45, 7) is 2.72. The Labute approximate surface area is 178 Å². The Morgan fingerprint density at radius 3 is 2.62 bits per heavy atom. The number of aliphatic carboxylic acids is 1. The summed E-state index contributed by atoms with van der Waals surface area (Å²) in [6, 6.07) is 2.56. The standard InChI is InChI=1S/C22H28ClFO4S/c1-22(10-13-5-6-14(7-13)11-22)12-28-18-9-17(24)20(8-16(18)23)29(27)19-4-2-3-15(19)21(25)26/h8-9,13-15,19H,2-7,10-12H2,1H3,(H,25,26)/t13-,14+,15-,19-,22?,29+/m1/s1. The number of carboxylic acids is 1. The maximum Gasteiger partial charge on any atom is 0.307 e. The van der Waals surface area contributed by atoms with Crippen molar-refractivity contribution in [3.8, 4) is 5.75 Å². The number of hydrogen-bond acceptors (Lipinski definition) is 3. The lowest BCUT2D eigenvalue weighted by atomic mass is 9.71. The van der Waals surface area contributed by atoms with Crippen LogP contribution >= 0.6 is 11.6 Å². The molecule has 1 aromatic rings. The van der Waals surface area contributed by atoms with Gasteiger partial charge in [-0.2, -0.15) is 0 Å². The van der Waals surface area contributed by atoms with Crippen LogP contribution < -0.4 is 4.74 Å². The van der Waals surface area contributed by atoms with Crippen LogP contribution in [0.4, 0.5) is 4.39 Å². The molecule has 2 bridgehead atoms. The SMILES string of the molecule is CC1(COc2cc(F)c([S@@](=O)[C@@H]3CCC[C@H]3C(=O)O)cc2Cl)C[C@@H]2CC[C@@H](C2)C1. The number of carboxylic acid groups (broad SMARTS) is 1. The van der Waals surface area contributed by atoms with Crippen molar-refractivity contribution in [2.24, 2.45) is 23.2 Å². The Kier molecular flexibility index (Phi) is 5.95. The number of benzene rings is 1. The molecule has 1 aromatic carbocycles. The first-order chi connectivity index (χ1) is 13.8. The molecule has 6 atom stereocenters. The third-order valence-corrected chi connectivity index (χ3v) is 9.19. The van der Waals surface area contributed by atoms with E-state index >= 15 is 0 Å². The van der Waals surface area contributed by atoms with Crippen LogP contribution in [0.3, 0.4) is 0 Å². The lowest BCUT2D eigenvalue weighted by Gasteiger charge is -2.37. The predicted octanol–water partition coefficient (Wildman–Crippen LogP) is 5.44. The molecule has 29 heavy (non-hydrogen) atoms. The van der Waals surface area contributed by atoms with Crippen molar-refractivity contribution in [1.29, 1.82) is 0 Å². The van der Waals surface area contributed by atoms with Gasteiger partial charge >= 0.3 is 5.97 Å². The molecule has 3 aliphatic carbocycles. The Balaban J connectivity index is 1.47. The molecule has 3 aliphatic rings. The summed E-state index contributed by atoms with van der Waals surface area (Å²) >= 11 is 6.34. The molecule has 0 aliphatic heterocycles. The topological polar surface area (TPSA) is 63.6 Å². The third kappa shape index (κ3) is 4.34. The van der Waals surface area contributed by atoms with Gasteiger partial charge in [-0.15, -0.1) is 0 Å². The summed E-state index contributed by atoms with van der Waals surface area (Å²) in [5.74, 6) is -0.507. The minimum Gasteiger partial charge on any atom is -0.491 e. The van der Waals surface area contributed by atoms with Gasteiger partial charge in [0.05, 0.1) is 38.5 Å². The van der Waals surface area contributed by atoms with Gasteiger partial charge < -0.3 is 9.84 Å². The normalized spacial score (nSPS) is 34.9. The summed E-state index contributed by atoms with van der Waals surface area (Å²) in [5.41, 5.74) is 0.0733. The van der Waals surface area contributed by atoms with Crippen LogP contribution in [0.1, 0.15) is 58.3 Å². The van der Waals surface area contributed by atoms with Gasteiger partial charge in [0.2, 0.25) is 0 Å². The molecule has 0 saturated heterocycles. The van der Waals surface area contributed by atoms with E-state index in [9.17, 15) is 18.5 Å². The molecule has 4 rings (SSSR count). The number of carbonyl (C=O) groups is 1. The van der Waals surface area contributed by atoms with Crippen molar-refractivity contribution in [2.45, 2.75) is 68.4 Å². The van der Waals surface area contributed by atoms with Gasteiger partial charge in [-0.1, -0.05) is 37.8 Å². The first-order valence-electron chi connectivity index (χ1n) is 10.5. The molecular weight excluding hydrogens is 415 g/mol. The van der Waals surface area contributed by atoms with Crippen LogP contribution in [0, 0.1) is 29.0 Å². The zero-order chi connectivity index (χ0) is 20.8. The quantitative estimate of drug-likeness (QED) is 0.637. The van der Waals surface area contributed by atoms with Crippen molar-refractivity contribution in [3.63, 3.8) is 0 Å². The van der Waals surface area contributed by atoms with Gasteiger partial charge in [0.1, 0.15) is 11.6 Å². The second kappa shape index (κ2) is 8.18. The van der Waals surface area contributed by atoms with Gasteiger partial charge in [-0.25, -0.2) is 4.39 Å². The molecule has 1 unspecified atom stereocenters. The monoisotopic (exact) mass is 442 g/mol. The van der Waals surface area contributed by atoms with Crippen LogP contribution in [-0.4, -0.2) is 27.1 Å². The van der Waals surface area contributed by atoms with Crippen molar-refractivity contribution in [3.05, 3.63) is 23.0 Å². The molecule has 7 heteroatoms. The van der Waals surface area contributed by atoms with Crippen LogP contribution in [0.15, 0.2) is 17.0 Å². The van der Waals surface area contributed by atoms with Gasteiger partial charge in [0, 0.05) is 11.5 Å². The average Bonchev–Trinajstić information content (AvgIpc) is 3.28. The van der Waals surface area contributed by atoms with Crippen molar-refractivity contribution >= 4 is 28.4 Å². The Morgan fingerprint density at radius 2 is 1.97 bits per heavy atom. The van der Waals surface area contributed by atoms with E-state index in [0.717, 1.165) is 24.7 Å². The van der Waals surface area contributed by atoms with Crippen molar-refractivity contribution < 1.29 is 23.2 Å². The van der Waals surface area contributed by atoms with E-state index in [4.69, 9.17) is 16.3 Å². The van der Waals surface area contributed by atoms with Crippen molar-refractivity contribution in [2.75, 3.05) is 6.61 Å². The highest BCUT2D eigenvalue weighted by atomic mass is 35.5. The number of hydrogen-bond donors (Lipinski definition) is 1. The predicted molar refractivity (Wildman–Crippen MR) is 110 cm³/mol. The molecule has 4 nitrogen and oxygen atoms in total. The van der Waals surface area contributed by atoms with Crippen LogP contribution in [0.5, 0.6) is 5.75 Å². The number of fused-ring (bicyclic) bond motifs is 2. The fraction of sp³-hybridized carbons (Fsp3) is 0.682. The number of halogens is 2. The molecule has 0 heterocycles. The van der Waals surface area contributed by atoms with E-state index in [2.05, 4.69) is 6.92 Å². The van der Waals surface area contributed by atoms with E-state index in [1.165, 1.54) is 31.4 Å². The minimum absolute atomic E-state index is 0.0255. The molecule has 0 radical (unpaired) electrons. The zero-order valence-electron chi connectivity index (χ0n) is 16.7. The fourth-order valence-corrected chi connectivity index (χ4v) is 7.83. The van der Waals surface area contributed by atoms with Gasteiger partial charge in [-0.3, -0.25) is 9.00 Å². The molecule has 1 N–H and O–H groups in total. The molecule has 0 amide bonds. The summed E-state index contributed by atoms with van der Waals surface area (Å²) in [4.78, 5) is 11.4. The highest BCUT2D eigenvalue weighted by molar-refractivity contribution is 7.85. The first kappa shape index (κ1) is 21.1. The molecule has 3 fully saturated rings. The molecule has 3 saturated carbocycles. The summed E-state index contributed by atoms with van der Waals surface area (Å²) < 4.78 is 33.6. The molecule has 0 spiro atoms. The highest BCUT2D eigenvalue weighted by Gasteiger charge is 2.42. The third-order valence-electron chi connectivity index (χ3n) is 7.04. The van der Waals surface area contributed by atoms with Crippen LogP contribution in [-0.2, 0) is 15.6 Å². The molecule has 160 valence electrons.